The topological polar surface area (TPSA) is 114 Å². The molecule has 3 aromatic rings. The van der Waals surface area contributed by atoms with Crippen LogP contribution in [-0.2, 0) is 9.59 Å². The van der Waals surface area contributed by atoms with Gasteiger partial charge in [0.1, 0.15) is 11.4 Å². The number of hydrogen-bond donors (Lipinski definition) is 2. The fourth-order valence-corrected chi connectivity index (χ4v) is 3.59. The summed E-state index contributed by atoms with van der Waals surface area (Å²) in [5.74, 6) is -2.83. The van der Waals surface area contributed by atoms with E-state index in [1.165, 1.54) is 0 Å². The van der Waals surface area contributed by atoms with Crippen molar-refractivity contribution in [2.45, 2.75) is 5.92 Å². The monoisotopic (exact) mass is 434 g/mol. The van der Waals surface area contributed by atoms with Gasteiger partial charge >= 0.3 is 0 Å². The minimum atomic E-state index is -1.38. The molecule has 1 aliphatic heterocycles. The van der Waals surface area contributed by atoms with E-state index >= 15 is 0 Å². The Labute approximate surface area is 182 Å². The molecule has 0 aliphatic carbocycles. The first-order valence-corrected chi connectivity index (χ1v) is 9.62. The molecule has 0 spiro atoms. The molecular weight excluding hydrogens is 420 g/mol. The molecule has 1 aliphatic rings. The standard InChI is InChI=1S/C20H14N6O2S2/c21-19(29)26-18(28)13(17(27)23-20(26)30)16-22-14(11-7-3-1-4-8-11)15(24-25-16)12-9-5-2-6-10-12/h1-10,13H,(H2,21,29)(H,23,27,30). The molecular formula is C20H14N6O2S2. The molecule has 4 rings (SSSR count). The first kappa shape index (κ1) is 19.7. The van der Waals surface area contributed by atoms with Crippen molar-refractivity contribution in [1.29, 1.82) is 0 Å². The third-order valence-corrected chi connectivity index (χ3v) is 4.91. The highest BCUT2D eigenvalue weighted by Crippen LogP contribution is 2.30. The highest BCUT2D eigenvalue weighted by molar-refractivity contribution is 7.81. The molecule has 0 radical (unpaired) electrons. The molecule has 3 N–H and O–H groups in total. The highest BCUT2D eigenvalue weighted by Gasteiger charge is 2.43. The lowest BCUT2D eigenvalue weighted by Gasteiger charge is -2.30. The number of hydrogen-bond acceptors (Lipinski definition) is 7. The van der Waals surface area contributed by atoms with Crippen LogP contribution in [-0.4, -0.2) is 42.1 Å². The van der Waals surface area contributed by atoms with Gasteiger partial charge in [-0.15, -0.1) is 10.2 Å². The summed E-state index contributed by atoms with van der Waals surface area (Å²) >= 11 is 9.88. The van der Waals surface area contributed by atoms with Gasteiger partial charge in [0.25, 0.3) is 5.91 Å². The Balaban J connectivity index is 1.86. The lowest BCUT2D eigenvalue weighted by Crippen LogP contribution is -2.60. The van der Waals surface area contributed by atoms with Crippen molar-refractivity contribution in [3.05, 3.63) is 66.5 Å². The lowest BCUT2D eigenvalue weighted by atomic mass is 10.0. The molecule has 2 aromatic carbocycles. The fourth-order valence-electron chi connectivity index (χ4n) is 3.06. The van der Waals surface area contributed by atoms with Gasteiger partial charge in [0.2, 0.25) is 5.91 Å². The maximum absolute atomic E-state index is 12.9. The van der Waals surface area contributed by atoms with Gasteiger partial charge in [0.05, 0.1) is 0 Å². The van der Waals surface area contributed by atoms with E-state index in [4.69, 9.17) is 30.2 Å². The van der Waals surface area contributed by atoms with Crippen LogP contribution in [0.15, 0.2) is 60.7 Å². The molecule has 1 saturated heterocycles. The summed E-state index contributed by atoms with van der Waals surface area (Å²) in [4.78, 5) is 30.9. The van der Waals surface area contributed by atoms with Crippen LogP contribution in [0.25, 0.3) is 22.5 Å². The molecule has 1 fully saturated rings. The van der Waals surface area contributed by atoms with Crippen molar-refractivity contribution >= 4 is 46.5 Å². The van der Waals surface area contributed by atoms with Crippen molar-refractivity contribution in [2.75, 3.05) is 0 Å². The number of carbonyl (C=O) groups is 2. The minimum absolute atomic E-state index is 0.0696. The van der Waals surface area contributed by atoms with Gasteiger partial charge in [-0.2, -0.15) is 0 Å². The van der Waals surface area contributed by atoms with Crippen LogP contribution < -0.4 is 11.1 Å². The number of thiocarbonyl (C=S) groups is 2. The Morgan fingerprint density at radius 2 is 1.50 bits per heavy atom. The van der Waals surface area contributed by atoms with Crippen LogP contribution >= 0.6 is 24.4 Å². The van der Waals surface area contributed by atoms with Crippen LogP contribution in [0.1, 0.15) is 11.7 Å². The molecule has 148 valence electrons. The van der Waals surface area contributed by atoms with E-state index in [9.17, 15) is 9.59 Å². The Morgan fingerprint density at radius 1 is 0.933 bits per heavy atom. The number of benzene rings is 2. The number of nitrogens with two attached hydrogens (primary N) is 1. The molecule has 1 aromatic heterocycles. The molecule has 0 bridgehead atoms. The number of nitrogens with one attached hydrogen (secondary N) is 1. The van der Waals surface area contributed by atoms with Crippen LogP contribution in [0.5, 0.6) is 0 Å². The largest absolute Gasteiger partial charge is 0.375 e. The number of nitrogens with zero attached hydrogens (tertiary/aromatic N) is 4. The second-order valence-electron chi connectivity index (χ2n) is 6.34. The molecule has 2 heterocycles. The zero-order valence-electron chi connectivity index (χ0n) is 15.4. The molecule has 8 nitrogen and oxygen atoms in total. The van der Waals surface area contributed by atoms with Crippen LogP contribution in [0.2, 0.25) is 0 Å². The predicted molar refractivity (Wildman–Crippen MR) is 118 cm³/mol. The SMILES string of the molecule is NC(=S)N1C(=O)C(c2nnc(-c3ccccc3)c(-c3ccccc3)n2)C(=O)NC1=S. The van der Waals surface area contributed by atoms with Crippen molar-refractivity contribution in [2.24, 2.45) is 5.73 Å². The summed E-state index contributed by atoms with van der Waals surface area (Å²) in [5, 5.41) is 10.4. The molecule has 2 amide bonds. The average Bonchev–Trinajstić information content (AvgIpc) is 2.74. The smallest absolute Gasteiger partial charge is 0.255 e. The van der Waals surface area contributed by atoms with Gasteiger partial charge in [-0.25, -0.2) is 9.88 Å². The third-order valence-electron chi connectivity index (χ3n) is 4.44. The van der Waals surface area contributed by atoms with E-state index in [-0.39, 0.29) is 16.0 Å². The number of carbonyl (C=O) groups excluding carboxylic acids is 2. The number of rotatable bonds is 3. The van der Waals surface area contributed by atoms with Crippen molar-refractivity contribution in [1.82, 2.24) is 25.4 Å². The van der Waals surface area contributed by atoms with Gasteiger partial charge in [-0.3, -0.25) is 9.59 Å². The zero-order chi connectivity index (χ0) is 21.3. The predicted octanol–water partition coefficient (Wildman–Crippen LogP) is 1.78. The second kappa shape index (κ2) is 8.01. The van der Waals surface area contributed by atoms with Crippen LogP contribution in [0.4, 0.5) is 0 Å². The molecule has 1 atom stereocenters. The Kier molecular flexibility index (Phi) is 5.25. The Bertz CT molecular complexity index is 1170. The van der Waals surface area contributed by atoms with Gasteiger partial charge < -0.3 is 11.1 Å². The minimum Gasteiger partial charge on any atom is -0.375 e. The zero-order valence-corrected chi connectivity index (χ0v) is 17.0. The Hall–Kier alpha value is -3.63. The van der Waals surface area contributed by atoms with Crippen molar-refractivity contribution in [3.63, 3.8) is 0 Å². The van der Waals surface area contributed by atoms with Gasteiger partial charge in [0.15, 0.2) is 22.0 Å². The molecule has 10 heteroatoms. The van der Waals surface area contributed by atoms with Crippen LogP contribution in [0.3, 0.4) is 0 Å². The fraction of sp³-hybridized carbons (Fsp3) is 0.0500. The van der Waals surface area contributed by atoms with Gasteiger partial charge in [-0.1, -0.05) is 60.7 Å². The normalized spacial score (nSPS) is 16.3. The molecule has 1 unspecified atom stereocenters. The van der Waals surface area contributed by atoms with E-state index in [0.717, 1.165) is 16.0 Å². The Morgan fingerprint density at radius 3 is 2.07 bits per heavy atom. The second-order valence-corrected chi connectivity index (χ2v) is 7.14. The van der Waals surface area contributed by atoms with Crippen LogP contribution in [0, 0.1) is 0 Å². The maximum Gasteiger partial charge on any atom is 0.255 e. The first-order valence-electron chi connectivity index (χ1n) is 8.81. The summed E-state index contributed by atoms with van der Waals surface area (Å²) in [5.41, 5.74) is 8.17. The summed E-state index contributed by atoms with van der Waals surface area (Å²) in [6, 6.07) is 18.7. The average molecular weight is 435 g/mol. The summed E-state index contributed by atoms with van der Waals surface area (Å²) < 4.78 is 0. The number of amides is 2. The molecule has 0 saturated carbocycles. The summed E-state index contributed by atoms with van der Waals surface area (Å²) in [6.07, 6.45) is 0. The van der Waals surface area contributed by atoms with Gasteiger partial charge in [0, 0.05) is 11.1 Å². The summed E-state index contributed by atoms with van der Waals surface area (Å²) in [7, 11) is 0. The third kappa shape index (κ3) is 3.53. The summed E-state index contributed by atoms with van der Waals surface area (Å²) in [6.45, 7) is 0. The van der Waals surface area contributed by atoms with E-state index in [2.05, 4.69) is 20.5 Å². The van der Waals surface area contributed by atoms with E-state index in [0.29, 0.717) is 11.4 Å². The van der Waals surface area contributed by atoms with E-state index in [1.54, 1.807) is 0 Å². The van der Waals surface area contributed by atoms with Crippen molar-refractivity contribution in [3.8, 4) is 22.5 Å². The van der Waals surface area contributed by atoms with E-state index < -0.39 is 17.7 Å². The number of aromatic nitrogens is 3. The molecule has 30 heavy (non-hydrogen) atoms. The van der Waals surface area contributed by atoms with E-state index in [1.807, 2.05) is 60.7 Å². The maximum atomic E-state index is 12.9. The van der Waals surface area contributed by atoms with Crippen molar-refractivity contribution < 1.29 is 9.59 Å². The highest BCUT2D eigenvalue weighted by atomic mass is 32.1. The van der Waals surface area contributed by atoms with Gasteiger partial charge in [-0.05, 0) is 24.4 Å². The first-order chi connectivity index (χ1) is 14.5. The lowest BCUT2D eigenvalue weighted by molar-refractivity contribution is -0.135. The quantitative estimate of drug-likeness (QED) is 0.474.